The molecule has 7 heteroatoms. The average Bonchev–Trinajstić information content (AvgIpc) is 2.85. The van der Waals surface area contributed by atoms with Gasteiger partial charge in [-0.05, 0) is 57.2 Å². The number of aliphatic hydroxyl groups excluding tert-OH is 3. The maximum atomic E-state index is 9.37. The molecule has 194 valence electrons. The molecule has 3 aromatic rings. The average molecular weight is 548 g/mol. The number of allylic oxidation sites excluding steroid dienone is 6. The quantitative estimate of drug-likeness (QED) is 0.113. The molecule has 0 saturated heterocycles. The van der Waals surface area contributed by atoms with Gasteiger partial charge in [0.1, 0.15) is 0 Å². The topological polar surface area (TPSA) is 125 Å². The van der Waals surface area contributed by atoms with Crippen molar-refractivity contribution in [2.75, 3.05) is 0 Å². The zero-order valence-electron chi connectivity index (χ0n) is 20.9. The van der Waals surface area contributed by atoms with E-state index in [0.717, 1.165) is 0 Å². The van der Waals surface area contributed by atoms with E-state index in [2.05, 4.69) is 0 Å². The Bertz CT molecular complexity index is 1050. The predicted molar refractivity (Wildman–Crippen MR) is 147 cm³/mol. The molecule has 37 heavy (non-hydrogen) atoms. The second kappa shape index (κ2) is 18.1. The van der Waals surface area contributed by atoms with Gasteiger partial charge in [-0.1, -0.05) is 54.6 Å². The maximum absolute atomic E-state index is 9.37. The van der Waals surface area contributed by atoms with Crippen molar-refractivity contribution in [1.82, 2.24) is 0 Å². The van der Waals surface area contributed by atoms with Crippen LogP contribution in [0.1, 0.15) is 37.5 Å². The van der Waals surface area contributed by atoms with Crippen LogP contribution in [-0.4, -0.2) is 47.1 Å². The van der Waals surface area contributed by atoms with Crippen LogP contribution in [0.15, 0.2) is 127 Å². The van der Waals surface area contributed by atoms with Crippen molar-refractivity contribution in [2.24, 2.45) is 0 Å². The molecule has 3 aromatic carbocycles. The van der Waals surface area contributed by atoms with Crippen LogP contribution in [0.5, 0.6) is 0 Å². The molecular weight excluding hydrogens is 515 g/mol. The molecule has 3 rings (SSSR count). The maximum Gasteiger partial charge on any atom is 2.00 e. The van der Waals surface area contributed by atoms with Crippen molar-refractivity contribution in [2.45, 2.75) is 20.8 Å². The van der Waals surface area contributed by atoms with Crippen LogP contribution in [0, 0.1) is 0 Å². The first kappa shape index (κ1) is 32.8. The largest absolute Gasteiger partial charge is 2.00 e. The summed E-state index contributed by atoms with van der Waals surface area (Å²) in [5, 5.41) is 26.6. The normalized spacial score (nSPS) is 10.9. The van der Waals surface area contributed by atoms with Crippen molar-refractivity contribution in [1.29, 1.82) is 0 Å². The van der Waals surface area contributed by atoms with E-state index in [0.29, 0.717) is 16.7 Å². The number of aliphatic hydroxyl groups is 3. The van der Waals surface area contributed by atoms with Gasteiger partial charge in [0.2, 0.25) is 0 Å². The van der Waals surface area contributed by atoms with Crippen LogP contribution >= 0.6 is 0 Å². The van der Waals surface area contributed by atoms with Gasteiger partial charge >= 0.3 is 33.8 Å². The molecule has 6 nitrogen and oxygen atoms in total. The molecule has 0 aliphatic heterocycles. The summed E-state index contributed by atoms with van der Waals surface area (Å²) in [6.45, 7) is 4.54. The number of benzene rings is 3. The van der Waals surface area contributed by atoms with Gasteiger partial charge in [0.05, 0.1) is 52.2 Å². The first-order chi connectivity index (χ1) is 17.1. The Kier molecular flexibility index (Phi) is 16.0. The van der Waals surface area contributed by atoms with Crippen molar-refractivity contribution in [3.8, 4) is 0 Å². The van der Waals surface area contributed by atoms with E-state index >= 15 is 0 Å². The first-order valence-corrected chi connectivity index (χ1v) is 11.1. The molecule has 0 radical (unpaired) electrons. The van der Waals surface area contributed by atoms with Crippen LogP contribution < -0.4 is 0 Å². The fourth-order valence-corrected chi connectivity index (χ4v) is 2.67. The van der Waals surface area contributed by atoms with Crippen LogP contribution in [-0.2, 0) is 16.5 Å². The standard InChI is InChI=1S/3C10H10O2.Ni/c3*1-8(11)7-10(12)9-5-3-2-4-6-9;/h3*2-7,11H,1H3;/q;;;+2/p+3/b3*8-7-;. The number of ketones is 3. The Morgan fingerprint density at radius 3 is 0.811 bits per heavy atom. The molecule has 6 N–H and O–H groups in total. The first-order valence-electron chi connectivity index (χ1n) is 11.1. The smallest absolute Gasteiger partial charge is 0.512 e. The van der Waals surface area contributed by atoms with Gasteiger partial charge in [0.15, 0.2) is 0 Å². The summed E-state index contributed by atoms with van der Waals surface area (Å²) in [5.41, 5.74) is 2.10. The molecular formula is C30H33NiO6+5. The van der Waals surface area contributed by atoms with Gasteiger partial charge in [-0.2, -0.15) is 0 Å². The summed E-state index contributed by atoms with van der Waals surface area (Å²) in [4.78, 5) is 28.1. The Balaban J connectivity index is 0.000000518. The van der Waals surface area contributed by atoms with Gasteiger partial charge in [-0.3, -0.25) is 14.4 Å². The monoisotopic (exact) mass is 547 g/mol. The summed E-state index contributed by atoms with van der Waals surface area (Å²) >= 11 is 0. The van der Waals surface area contributed by atoms with Crippen LogP contribution in [0.2, 0.25) is 0 Å². The number of hydrogen-bond acceptors (Lipinski definition) is 3. The molecule has 0 unspecified atom stereocenters. The van der Waals surface area contributed by atoms with E-state index in [9.17, 15) is 14.4 Å². The molecule has 0 spiro atoms. The second-order valence-corrected chi connectivity index (χ2v) is 7.61. The minimum atomic E-state index is 0. The number of hydrogen-bond donors (Lipinski definition) is 3. The molecule has 0 heterocycles. The molecule has 0 bridgehead atoms. The SMILES string of the molecule is C/C(O)=C/C(=[OH+])c1ccccc1.C/C(O)=C/C(=[OH+])c1ccccc1.C/C(O)=C/C(=[OH+])c1ccccc1.[Ni+2]. The van der Waals surface area contributed by atoms with E-state index in [1.807, 2.05) is 54.6 Å². The van der Waals surface area contributed by atoms with Gasteiger partial charge < -0.3 is 15.3 Å². The van der Waals surface area contributed by atoms with Crippen LogP contribution in [0.3, 0.4) is 0 Å². The Morgan fingerprint density at radius 1 is 0.459 bits per heavy atom. The van der Waals surface area contributed by atoms with Crippen molar-refractivity contribution >= 4 is 17.3 Å². The van der Waals surface area contributed by atoms with Gasteiger partial charge in [0, 0.05) is 0 Å². The molecule has 0 aromatic heterocycles. The minimum absolute atomic E-state index is 0. The fraction of sp³-hybridized carbons (Fsp3) is 0.100. The molecule has 0 atom stereocenters. The van der Waals surface area contributed by atoms with Gasteiger partial charge in [-0.15, -0.1) is 0 Å². The number of carbonyl (C=O) groups excluding carboxylic acids is 3. The zero-order chi connectivity index (χ0) is 26.9. The van der Waals surface area contributed by atoms with E-state index < -0.39 is 0 Å². The van der Waals surface area contributed by atoms with Crippen LogP contribution in [0.4, 0.5) is 0 Å². The molecule has 0 saturated carbocycles. The van der Waals surface area contributed by atoms with E-state index in [1.165, 1.54) is 39.0 Å². The third kappa shape index (κ3) is 14.7. The van der Waals surface area contributed by atoms with E-state index in [4.69, 9.17) is 15.3 Å². The van der Waals surface area contributed by atoms with Crippen molar-refractivity contribution in [3.63, 3.8) is 0 Å². The Hall–Kier alpha value is -4.22. The minimum Gasteiger partial charge on any atom is -0.512 e. The third-order valence-electron chi connectivity index (χ3n) is 4.25. The summed E-state index contributed by atoms with van der Waals surface area (Å²) in [7, 11) is 0. The second-order valence-electron chi connectivity index (χ2n) is 7.61. The van der Waals surface area contributed by atoms with Crippen molar-refractivity contribution < 1.29 is 46.2 Å². The summed E-state index contributed by atoms with van der Waals surface area (Å²) < 4.78 is 0. The molecule has 0 amide bonds. The molecule has 0 aliphatic carbocycles. The Morgan fingerprint density at radius 2 is 0.649 bits per heavy atom. The summed E-state index contributed by atoms with van der Waals surface area (Å²) in [6.07, 6.45) is 3.94. The predicted octanol–water partition coefficient (Wildman–Crippen LogP) is 6.12. The van der Waals surface area contributed by atoms with Crippen LogP contribution in [0.25, 0.3) is 0 Å². The zero-order valence-corrected chi connectivity index (χ0v) is 21.9. The van der Waals surface area contributed by atoms with Gasteiger partial charge in [0.25, 0.3) is 0 Å². The number of rotatable bonds is 6. The summed E-state index contributed by atoms with van der Waals surface area (Å²) in [5.74, 6) is 0.519. The Labute approximate surface area is 227 Å². The molecule has 0 aliphatic rings. The van der Waals surface area contributed by atoms with Crippen molar-refractivity contribution in [3.05, 3.63) is 143 Å². The van der Waals surface area contributed by atoms with E-state index in [-0.39, 0.29) is 51.1 Å². The van der Waals surface area contributed by atoms with E-state index in [1.54, 1.807) is 36.4 Å². The molecule has 0 fully saturated rings. The summed E-state index contributed by atoms with van der Waals surface area (Å²) in [6, 6.07) is 27.2. The third-order valence-corrected chi connectivity index (χ3v) is 4.25. The van der Waals surface area contributed by atoms with Gasteiger partial charge in [-0.25, -0.2) is 0 Å². The fourth-order valence-electron chi connectivity index (χ4n) is 2.67.